The van der Waals surface area contributed by atoms with Gasteiger partial charge in [0.05, 0.1) is 24.7 Å². The Balaban J connectivity index is 0.00000176. The zero-order chi connectivity index (χ0) is 14.7. The molecule has 2 fully saturated rings. The van der Waals surface area contributed by atoms with E-state index >= 15 is 0 Å². The van der Waals surface area contributed by atoms with Gasteiger partial charge < -0.3 is 15.0 Å². The molecule has 0 saturated carbocycles. The van der Waals surface area contributed by atoms with Gasteiger partial charge in [-0.1, -0.05) is 0 Å². The molecule has 0 radical (unpaired) electrons. The third kappa shape index (κ3) is 4.52. The van der Waals surface area contributed by atoms with Gasteiger partial charge in [-0.05, 0) is 6.42 Å². The average molecular weight is 349 g/mol. The van der Waals surface area contributed by atoms with E-state index in [0.29, 0.717) is 26.2 Å². The van der Waals surface area contributed by atoms with Gasteiger partial charge in [-0.3, -0.25) is 0 Å². The summed E-state index contributed by atoms with van der Waals surface area (Å²) < 4.78 is 28.1. The Morgan fingerprint density at radius 1 is 1.27 bits per heavy atom. The van der Waals surface area contributed by atoms with Crippen molar-refractivity contribution in [3.8, 4) is 0 Å². The Labute approximate surface area is 136 Å². The first-order valence-electron chi connectivity index (χ1n) is 7.20. The molecule has 9 heteroatoms. The zero-order valence-electron chi connectivity index (χ0n) is 12.3. The lowest BCUT2D eigenvalue weighted by Gasteiger charge is -2.26. The first kappa shape index (κ1) is 17.4. The second-order valence-electron chi connectivity index (χ2n) is 5.47. The molecule has 2 saturated heterocycles. The lowest BCUT2D eigenvalue weighted by molar-refractivity contribution is 0.122. The van der Waals surface area contributed by atoms with Crippen molar-refractivity contribution in [3.05, 3.63) is 18.0 Å². The Kier molecular flexibility index (Phi) is 5.96. The number of anilines is 1. The fourth-order valence-electron chi connectivity index (χ4n) is 2.58. The van der Waals surface area contributed by atoms with Crippen LogP contribution in [0, 0.1) is 0 Å². The molecule has 2 aliphatic rings. The minimum atomic E-state index is -2.83. The Bertz CT molecular complexity index is 575. The second kappa shape index (κ2) is 7.54. The van der Waals surface area contributed by atoms with E-state index in [9.17, 15) is 8.42 Å². The molecule has 0 bridgehead atoms. The summed E-state index contributed by atoms with van der Waals surface area (Å²) in [6, 6.07) is 0.0499. The average Bonchev–Trinajstić information content (AvgIpc) is 2.86. The molecule has 1 atom stereocenters. The normalized spacial score (nSPS) is 24.0. The van der Waals surface area contributed by atoms with Gasteiger partial charge in [-0.25, -0.2) is 18.4 Å². The van der Waals surface area contributed by atoms with Gasteiger partial charge in [0.2, 0.25) is 5.95 Å². The Morgan fingerprint density at radius 3 is 2.55 bits per heavy atom. The van der Waals surface area contributed by atoms with E-state index in [4.69, 9.17) is 4.74 Å². The highest BCUT2D eigenvalue weighted by Crippen LogP contribution is 2.13. The van der Waals surface area contributed by atoms with Gasteiger partial charge in [0.25, 0.3) is 0 Å². The molecule has 22 heavy (non-hydrogen) atoms. The van der Waals surface area contributed by atoms with E-state index < -0.39 is 9.84 Å². The van der Waals surface area contributed by atoms with Crippen molar-refractivity contribution in [2.75, 3.05) is 42.7 Å². The number of hydrogen-bond acceptors (Lipinski definition) is 7. The van der Waals surface area contributed by atoms with E-state index in [0.717, 1.165) is 24.6 Å². The first-order chi connectivity index (χ1) is 10.1. The summed E-state index contributed by atoms with van der Waals surface area (Å²) >= 11 is 0. The fourth-order valence-corrected chi connectivity index (χ4v) is 4.29. The van der Waals surface area contributed by atoms with Crippen LogP contribution in [-0.2, 0) is 21.1 Å². The first-order valence-corrected chi connectivity index (χ1v) is 9.02. The van der Waals surface area contributed by atoms with Crippen LogP contribution in [0.4, 0.5) is 5.95 Å². The number of sulfone groups is 1. The molecule has 0 aromatic carbocycles. The maximum atomic E-state index is 11.4. The van der Waals surface area contributed by atoms with Crippen LogP contribution >= 0.6 is 12.4 Å². The molecular weight excluding hydrogens is 328 g/mol. The topological polar surface area (TPSA) is 84.4 Å². The van der Waals surface area contributed by atoms with Crippen molar-refractivity contribution < 1.29 is 13.2 Å². The van der Waals surface area contributed by atoms with Crippen molar-refractivity contribution in [2.24, 2.45) is 0 Å². The molecule has 2 aliphatic heterocycles. The number of morpholine rings is 1. The van der Waals surface area contributed by atoms with E-state index in [1.807, 2.05) is 0 Å². The van der Waals surface area contributed by atoms with Crippen LogP contribution in [0.5, 0.6) is 0 Å². The van der Waals surface area contributed by atoms with Crippen molar-refractivity contribution in [3.63, 3.8) is 0 Å². The van der Waals surface area contributed by atoms with E-state index in [1.165, 1.54) is 0 Å². The molecule has 1 aromatic heterocycles. The van der Waals surface area contributed by atoms with Crippen molar-refractivity contribution in [1.29, 1.82) is 0 Å². The number of hydrogen-bond donors (Lipinski definition) is 1. The summed E-state index contributed by atoms with van der Waals surface area (Å²) in [7, 11) is -2.83. The summed E-state index contributed by atoms with van der Waals surface area (Å²) in [5.41, 5.74) is 0.969. The van der Waals surface area contributed by atoms with Gasteiger partial charge in [0.1, 0.15) is 0 Å². The zero-order valence-corrected chi connectivity index (χ0v) is 13.9. The summed E-state index contributed by atoms with van der Waals surface area (Å²) in [4.78, 5) is 10.9. The van der Waals surface area contributed by atoms with E-state index in [-0.39, 0.29) is 30.0 Å². The molecule has 1 aromatic rings. The van der Waals surface area contributed by atoms with Crippen molar-refractivity contribution >= 4 is 28.2 Å². The third-order valence-corrected chi connectivity index (χ3v) is 5.58. The second-order valence-corrected chi connectivity index (χ2v) is 7.70. The number of nitrogens with zero attached hydrogens (tertiary/aromatic N) is 3. The van der Waals surface area contributed by atoms with Crippen LogP contribution in [-0.4, -0.2) is 62.2 Å². The van der Waals surface area contributed by atoms with E-state index in [1.54, 1.807) is 12.4 Å². The highest BCUT2D eigenvalue weighted by atomic mass is 35.5. The predicted octanol–water partition coefficient (Wildman–Crippen LogP) is 0.0117. The summed E-state index contributed by atoms with van der Waals surface area (Å²) in [6.45, 7) is 3.66. The van der Waals surface area contributed by atoms with Gasteiger partial charge >= 0.3 is 0 Å². The number of nitrogens with one attached hydrogen (secondary N) is 1. The molecule has 3 heterocycles. The van der Waals surface area contributed by atoms with Gasteiger partial charge in [0, 0.05) is 43.6 Å². The van der Waals surface area contributed by atoms with Crippen molar-refractivity contribution in [2.45, 2.75) is 19.0 Å². The molecule has 124 valence electrons. The van der Waals surface area contributed by atoms with Crippen LogP contribution in [0.15, 0.2) is 12.4 Å². The molecule has 0 amide bonds. The van der Waals surface area contributed by atoms with Crippen LogP contribution in [0.3, 0.4) is 0 Å². The quantitative estimate of drug-likeness (QED) is 0.820. The Morgan fingerprint density at radius 2 is 1.95 bits per heavy atom. The smallest absolute Gasteiger partial charge is 0.225 e. The lowest BCUT2D eigenvalue weighted by Crippen LogP contribution is -2.37. The van der Waals surface area contributed by atoms with Crippen LogP contribution in [0.1, 0.15) is 12.0 Å². The van der Waals surface area contributed by atoms with Crippen LogP contribution < -0.4 is 10.2 Å². The highest BCUT2D eigenvalue weighted by Gasteiger charge is 2.27. The van der Waals surface area contributed by atoms with E-state index in [2.05, 4.69) is 20.2 Å². The standard InChI is InChI=1S/C13H20N4O3S.ClH/c18-21(19)6-1-12(10-21)14-7-11-8-15-13(16-9-11)17-2-4-20-5-3-17;/h8-9,12,14H,1-7,10H2;1H. The van der Waals surface area contributed by atoms with Crippen molar-refractivity contribution in [1.82, 2.24) is 15.3 Å². The molecule has 0 spiro atoms. The number of aromatic nitrogens is 2. The van der Waals surface area contributed by atoms with Crippen LogP contribution in [0.25, 0.3) is 0 Å². The SMILES string of the molecule is Cl.O=S1(=O)CCC(NCc2cnc(N3CCOCC3)nc2)C1. The monoisotopic (exact) mass is 348 g/mol. The molecule has 1 N–H and O–H groups in total. The maximum Gasteiger partial charge on any atom is 0.225 e. The molecular formula is C13H21ClN4O3S. The summed E-state index contributed by atoms with van der Waals surface area (Å²) in [5, 5.41) is 3.26. The Hall–Kier alpha value is -0.960. The minimum absolute atomic E-state index is 0. The number of halogens is 1. The fraction of sp³-hybridized carbons (Fsp3) is 0.692. The summed E-state index contributed by atoms with van der Waals surface area (Å²) in [5.74, 6) is 1.25. The number of ether oxygens (including phenoxy) is 1. The highest BCUT2D eigenvalue weighted by molar-refractivity contribution is 7.91. The third-order valence-electron chi connectivity index (χ3n) is 3.81. The van der Waals surface area contributed by atoms with Crippen LogP contribution in [0.2, 0.25) is 0 Å². The molecule has 7 nitrogen and oxygen atoms in total. The lowest BCUT2D eigenvalue weighted by atomic mass is 10.2. The maximum absolute atomic E-state index is 11.4. The van der Waals surface area contributed by atoms with Gasteiger partial charge in [0.15, 0.2) is 9.84 Å². The predicted molar refractivity (Wildman–Crippen MR) is 86.2 cm³/mol. The molecule has 1 unspecified atom stereocenters. The van der Waals surface area contributed by atoms with Gasteiger partial charge in [-0.15, -0.1) is 12.4 Å². The summed E-state index contributed by atoms with van der Waals surface area (Å²) in [6.07, 6.45) is 4.29. The van der Waals surface area contributed by atoms with Gasteiger partial charge in [-0.2, -0.15) is 0 Å². The molecule has 0 aliphatic carbocycles. The molecule has 3 rings (SSSR count). The largest absolute Gasteiger partial charge is 0.378 e. The minimum Gasteiger partial charge on any atom is -0.378 e. The number of rotatable bonds is 4.